The summed E-state index contributed by atoms with van der Waals surface area (Å²) in [5, 5.41) is 0. The largest absolute Gasteiger partial charge is 0.492 e. The molecule has 0 fully saturated rings. The highest BCUT2D eigenvalue weighted by molar-refractivity contribution is 5.85. The van der Waals surface area contributed by atoms with Crippen molar-refractivity contribution in [3.8, 4) is 5.75 Å². The van der Waals surface area contributed by atoms with Crippen molar-refractivity contribution in [2.24, 2.45) is 0 Å². The van der Waals surface area contributed by atoms with Crippen molar-refractivity contribution in [2.75, 3.05) is 6.61 Å². The van der Waals surface area contributed by atoms with Crippen LogP contribution >= 0.6 is 0 Å². The van der Waals surface area contributed by atoms with Crippen LogP contribution in [0.4, 0.5) is 4.39 Å². The van der Waals surface area contributed by atoms with Gasteiger partial charge in [0.15, 0.2) is 0 Å². The molecule has 2 nitrogen and oxygen atoms in total. The maximum absolute atomic E-state index is 12.8. The smallest absolute Gasteiger partial charge is 0.140 e. The van der Waals surface area contributed by atoms with Gasteiger partial charge in [0.1, 0.15) is 24.0 Å². The number of benzene rings is 1. The second-order valence-corrected chi connectivity index (χ2v) is 3.16. The van der Waals surface area contributed by atoms with Crippen LogP contribution in [0, 0.1) is 5.82 Å². The van der Waals surface area contributed by atoms with E-state index in [4.69, 9.17) is 4.74 Å². The topological polar surface area (TPSA) is 26.3 Å². The molecule has 2 rings (SSSR count). The van der Waals surface area contributed by atoms with Crippen molar-refractivity contribution in [3.05, 3.63) is 29.6 Å². The second kappa shape index (κ2) is 2.83. The molecule has 0 N–H and O–H groups in total. The Morgan fingerprint density at radius 2 is 2.38 bits per heavy atom. The number of hydrogen-bond acceptors (Lipinski definition) is 2. The van der Waals surface area contributed by atoms with Crippen LogP contribution in [0.1, 0.15) is 18.4 Å². The fourth-order valence-electron chi connectivity index (χ4n) is 1.52. The van der Waals surface area contributed by atoms with Crippen LogP contribution in [0.15, 0.2) is 18.2 Å². The lowest BCUT2D eigenvalue weighted by Crippen LogP contribution is -2.09. The lowest BCUT2D eigenvalue weighted by atomic mass is 9.98. The van der Waals surface area contributed by atoms with E-state index in [1.807, 2.05) is 0 Å². The molecule has 0 spiro atoms. The van der Waals surface area contributed by atoms with E-state index < -0.39 is 0 Å². The third kappa shape index (κ3) is 1.30. The molecule has 1 aliphatic heterocycles. The Labute approximate surface area is 75.3 Å². The molecule has 13 heavy (non-hydrogen) atoms. The molecule has 0 aliphatic carbocycles. The van der Waals surface area contributed by atoms with Gasteiger partial charge in [0.25, 0.3) is 0 Å². The van der Waals surface area contributed by atoms with Crippen molar-refractivity contribution >= 4 is 5.78 Å². The quantitative estimate of drug-likeness (QED) is 0.659. The highest BCUT2D eigenvalue weighted by Gasteiger charge is 2.27. The molecular formula is C10H9FO2. The normalized spacial score (nSPS) is 19.4. The third-order valence-corrected chi connectivity index (χ3v) is 2.24. The Morgan fingerprint density at radius 1 is 1.62 bits per heavy atom. The van der Waals surface area contributed by atoms with Gasteiger partial charge in [-0.05, 0) is 25.1 Å². The molecule has 1 heterocycles. The number of carbonyl (C=O) groups is 1. The van der Waals surface area contributed by atoms with E-state index in [9.17, 15) is 9.18 Å². The molecule has 0 amide bonds. The zero-order chi connectivity index (χ0) is 9.42. The second-order valence-electron chi connectivity index (χ2n) is 3.16. The van der Waals surface area contributed by atoms with Crippen molar-refractivity contribution in [3.63, 3.8) is 0 Å². The van der Waals surface area contributed by atoms with E-state index >= 15 is 0 Å². The van der Waals surface area contributed by atoms with Crippen LogP contribution in [0.2, 0.25) is 0 Å². The van der Waals surface area contributed by atoms with Gasteiger partial charge in [-0.25, -0.2) is 4.39 Å². The Kier molecular flexibility index (Phi) is 1.79. The summed E-state index contributed by atoms with van der Waals surface area (Å²) in [7, 11) is 0. The zero-order valence-electron chi connectivity index (χ0n) is 7.21. The number of fused-ring (bicyclic) bond motifs is 1. The minimum atomic E-state index is -0.324. The van der Waals surface area contributed by atoms with Crippen molar-refractivity contribution in [1.82, 2.24) is 0 Å². The highest BCUT2D eigenvalue weighted by atomic mass is 19.1. The van der Waals surface area contributed by atoms with Gasteiger partial charge in [0, 0.05) is 5.56 Å². The lowest BCUT2D eigenvalue weighted by Gasteiger charge is -2.02. The predicted octanol–water partition coefficient (Wildman–Crippen LogP) is 1.89. The first-order valence-corrected chi connectivity index (χ1v) is 4.11. The molecule has 1 unspecified atom stereocenters. The first-order valence-electron chi connectivity index (χ1n) is 4.11. The van der Waals surface area contributed by atoms with Crippen molar-refractivity contribution < 1.29 is 13.9 Å². The Hall–Kier alpha value is -1.38. The highest BCUT2D eigenvalue weighted by Crippen LogP contribution is 2.34. The number of carbonyl (C=O) groups excluding carboxylic acids is 1. The molecule has 1 aromatic rings. The molecule has 0 bridgehead atoms. The fourth-order valence-corrected chi connectivity index (χ4v) is 1.52. The number of hydrogen-bond donors (Lipinski definition) is 0. The van der Waals surface area contributed by atoms with E-state index in [0.717, 1.165) is 0 Å². The molecule has 0 saturated heterocycles. The first-order chi connectivity index (χ1) is 6.18. The number of ether oxygens (including phenoxy) is 1. The molecule has 0 aromatic heterocycles. The van der Waals surface area contributed by atoms with Crippen molar-refractivity contribution in [1.29, 1.82) is 0 Å². The Bertz CT molecular complexity index is 360. The van der Waals surface area contributed by atoms with Crippen LogP contribution in [-0.4, -0.2) is 12.4 Å². The minimum Gasteiger partial charge on any atom is -0.492 e. The molecule has 0 saturated carbocycles. The van der Waals surface area contributed by atoms with Gasteiger partial charge < -0.3 is 4.74 Å². The van der Waals surface area contributed by atoms with Crippen LogP contribution in [0.3, 0.4) is 0 Å². The van der Waals surface area contributed by atoms with Gasteiger partial charge in [-0.2, -0.15) is 0 Å². The van der Waals surface area contributed by atoms with E-state index in [2.05, 4.69) is 0 Å². The standard InChI is InChI=1S/C10H9FO2/c1-6(12)9-5-13-10-3-2-7(11)4-8(9)10/h2-4,9H,5H2,1H3. The zero-order valence-corrected chi connectivity index (χ0v) is 7.21. The first kappa shape index (κ1) is 8.23. The van der Waals surface area contributed by atoms with Crippen LogP contribution in [0.5, 0.6) is 5.75 Å². The SMILES string of the molecule is CC(=O)C1COc2ccc(F)cc21. The van der Waals surface area contributed by atoms with Gasteiger partial charge in [-0.3, -0.25) is 4.79 Å². The summed E-state index contributed by atoms with van der Waals surface area (Å²) in [5.41, 5.74) is 0.674. The van der Waals surface area contributed by atoms with Gasteiger partial charge >= 0.3 is 0 Å². The molecule has 1 atom stereocenters. The summed E-state index contributed by atoms with van der Waals surface area (Å²) >= 11 is 0. The van der Waals surface area contributed by atoms with Gasteiger partial charge in [-0.15, -0.1) is 0 Å². The summed E-state index contributed by atoms with van der Waals surface area (Å²) < 4.78 is 18.1. The molecule has 3 heteroatoms. The molecule has 1 aliphatic rings. The minimum absolute atomic E-state index is 0.0179. The number of rotatable bonds is 1. The lowest BCUT2D eigenvalue weighted by molar-refractivity contribution is -0.118. The number of Topliss-reactive ketones (excluding diaryl/α,β-unsaturated/α-hetero) is 1. The van der Waals surface area contributed by atoms with Gasteiger partial charge in [0.05, 0.1) is 5.92 Å². The van der Waals surface area contributed by atoms with E-state index in [0.29, 0.717) is 17.9 Å². The summed E-state index contributed by atoms with van der Waals surface area (Å²) in [6.07, 6.45) is 0. The summed E-state index contributed by atoms with van der Waals surface area (Å²) in [6, 6.07) is 4.27. The van der Waals surface area contributed by atoms with E-state index in [1.54, 1.807) is 6.07 Å². The Balaban J connectivity index is 2.46. The number of halogens is 1. The molecule has 1 aromatic carbocycles. The van der Waals surface area contributed by atoms with Crippen LogP contribution in [0.25, 0.3) is 0 Å². The monoisotopic (exact) mass is 180 g/mol. The third-order valence-electron chi connectivity index (χ3n) is 2.24. The van der Waals surface area contributed by atoms with Gasteiger partial charge in [0.2, 0.25) is 0 Å². The Morgan fingerprint density at radius 3 is 3.08 bits per heavy atom. The maximum atomic E-state index is 12.8. The van der Waals surface area contributed by atoms with Crippen molar-refractivity contribution in [2.45, 2.75) is 12.8 Å². The fraction of sp³-hybridized carbons (Fsp3) is 0.300. The predicted molar refractivity (Wildman–Crippen MR) is 45.3 cm³/mol. The molecule has 68 valence electrons. The maximum Gasteiger partial charge on any atom is 0.140 e. The summed E-state index contributed by atoms with van der Waals surface area (Å²) in [6.45, 7) is 1.84. The average molecular weight is 180 g/mol. The van der Waals surface area contributed by atoms with E-state index in [-0.39, 0.29) is 17.5 Å². The average Bonchev–Trinajstić information content (AvgIpc) is 2.46. The summed E-state index contributed by atoms with van der Waals surface area (Å²) in [4.78, 5) is 11.1. The van der Waals surface area contributed by atoms with Gasteiger partial charge in [-0.1, -0.05) is 0 Å². The van der Waals surface area contributed by atoms with Crippen LogP contribution < -0.4 is 4.74 Å². The molecule has 0 radical (unpaired) electrons. The number of ketones is 1. The van der Waals surface area contributed by atoms with E-state index in [1.165, 1.54) is 19.1 Å². The van der Waals surface area contributed by atoms with Crippen LogP contribution in [-0.2, 0) is 4.79 Å². The summed E-state index contributed by atoms with van der Waals surface area (Å²) in [5.74, 6) is 0.0344. The molecular weight excluding hydrogens is 171 g/mol.